The van der Waals surface area contributed by atoms with Gasteiger partial charge in [0.2, 0.25) is 18.6 Å². The number of methoxy groups -OCH3 is 1. The van der Waals surface area contributed by atoms with E-state index in [0.717, 1.165) is 11.3 Å². The summed E-state index contributed by atoms with van der Waals surface area (Å²) in [6.07, 6.45) is 0.635. The Balaban J connectivity index is 1.73. The number of carbonyl (C=O) groups is 2. The van der Waals surface area contributed by atoms with E-state index in [0.29, 0.717) is 50.0 Å². The van der Waals surface area contributed by atoms with Crippen molar-refractivity contribution < 1.29 is 33.0 Å². The molecule has 9 nitrogen and oxygen atoms in total. The fourth-order valence-electron chi connectivity index (χ4n) is 3.52. The van der Waals surface area contributed by atoms with E-state index in [4.69, 9.17) is 23.4 Å². The van der Waals surface area contributed by atoms with Crippen molar-refractivity contribution in [2.24, 2.45) is 0 Å². The topological polar surface area (TPSA) is 90.7 Å². The summed E-state index contributed by atoms with van der Waals surface area (Å²) in [4.78, 5) is 29.1. The first-order valence-corrected chi connectivity index (χ1v) is 11.1. The molecule has 180 valence electrons. The number of hydrogen-bond acceptors (Lipinski definition) is 7. The van der Waals surface area contributed by atoms with E-state index in [2.05, 4.69) is 0 Å². The van der Waals surface area contributed by atoms with Gasteiger partial charge in [0, 0.05) is 33.4 Å². The molecule has 0 bridgehead atoms. The van der Waals surface area contributed by atoms with Crippen molar-refractivity contribution in [2.75, 3.05) is 46.8 Å². The molecule has 2 heterocycles. The first kappa shape index (κ1) is 24.6. The lowest BCUT2D eigenvalue weighted by molar-refractivity contribution is -0.143. The predicted octanol–water partition coefficient (Wildman–Crippen LogP) is 2.75. The Labute approximate surface area is 194 Å². The van der Waals surface area contributed by atoms with E-state index in [1.54, 1.807) is 4.90 Å². The molecule has 2 aromatic rings. The summed E-state index contributed by atoms with van der Waals surface area (Å²) < 4.78 is 26.9. The number of aryl methyl sites for hydroxylation is 1. The van der Waals surface area contributed by atoms with Crippen LogP contribution in [0.5, 0.6) is 11.5 Å². The fraction of sp³-hybridized carbons (Fsp3) is 0.500. The molecule has 0 spiro atoms. The number of amides is 2. The van der Waals surface area contributed by atoms with E-state index < -0.39 is 0 Å². The van der Waals surface area contributed by atoms with Crippen LogP contribution in [0.3, 0.4) is 0 Å². The zero-order chi connectivity index (χ0) is 23.6. The average Bonchev–Trinajstić information content (AvgIpc) is 3.43. The van der Waals surface area contributed by atoms with Gasteiger partial charge in [0.25, 0.3) is 0 Å². The smallest absolute Gasteiger partial charge is 0.249 e. The van der Waals surface area contributed by atoms with Gasteiger partial charge in [-0.15, -0.1) is 0 Å². The molecule has 0 fully saturated rings. The second-order valence-electron chi connectivity index (χ2n) is 7.75. The monoisotopic (exact) mass is 460 g/mol. The Hall–Kier alpha value is -3.04. The molecule has 9 heteroatoms. The molecule has 0 atom stereocenters. The van der Waals surface area contributed by atoms with E-state index in [1.807, 2.05) is 44.2 Å². The van der Waals surface area contributed by atoms with Gasteiger partial charge in [-0.3, -0.25) is 9.59 Å². The highest BCUT2D eigenvalue weighted by Gasteiger charge is 2.23. The largest absolute Gasteiger partial charge is 0.464 e. The van der Waals surface area contributed by atoms with Gasteiger partial charge in [-0.25, -0.2) is 0 Å². The van der Waals surface area contributed by atoms with Crippen LogP contribution in [0.1, 0.15) is 30.4 Å². The summed E-state index contributed by atoms with van der Waals surface area (Å²) in [5.74, 6) is 2.35. The molecule has 33 heavy (non-hydrogen) atoms. The third-order valence-electron chi connectivity index (χ3n) is 5.17. The highest BCUT2D eigenvalue weighted by Crippen LogP contribution is 2.33. The molecule has 0 saturated carbocycles. The lowest BCUT2D eigenvalue weighted by atomic mass is 10.2. The first-order valence-electron chi connectivity index (χ1n) is 11.1. The summed E-state index contributed by atoms with van der Waals surface area (Å²) in [7, 11) is 1.46. The molecule has 0 saturated heterocycles. The van der Waals surface area contributed by atoms with E-state index in [-0.39, 0.29) is 38.3 Å². The molecule has 1 aliphatic heterocycles. The van der Waals surface area contributed by atoms with E-state index in [1.165, 1.54) is 12.0 Å². The average molecular weight is 461 g/mol. The van der Waals surface area contributed by atoms with Crippen molar-refractivity contribution in [3.05, 3.63) is 47.4 Å². The van der Waals surface area contributed by atoms with Gasteiger partial charge in [-0.05, 0) is 50.1 Å². The number of nitrogens with zero attached hydrogens (tertiary/aromatic N) is 2. The molecule has 0 aliphatic carbocycles. The molecular weight excluding hydrogens is 428 g/mol. The lowest BCUT2D eigenvalue weighted by Crippen LogP contribution is -2.44. The Morgan fingerprint density at radius 2 is 1.85 bits per heavy atom. The first-order chi connectivity index (χ1) is 16.0. The number of rotatable bonds is 13. The van der Waals surface area contributed by atoms with Crippen molar-refractivity contribution in [3.8, 4) is 11.5 Å². The minimum atomic E-state index is -0.237. The van der Waals surface area contributed by atoms with Gasteiger partial charge >= 0.3 is 0 Å². The maximum atomic E-state index is 13.4. The van der Waals surface area contributed by atoms with Crippen molar-refractivity contribution in [2.45, 2.75) is 33.4 Å². The Bertz CT molecular complexity index is 927. The SMILES string of the molecule is CCOCCCN(CC(=O)N(Cc1ccc2c(c1)OCO2)Cc1ccc(C)o1)C(=O)COC. The van der Waals surface area contributed by atoms with Crippen LogP contribution >= 0.6 is 0 Å². The number of ether oxygens (including phenoxy) is 4. The summed E-state index contributed by atoms with van der Waals surface area (Å²) in [6.45, 7) is 5.98. The van der Waals surface area contributed by atoms with Gasteiger partial charge < -0.3 is 33.2 Å². The van der Waals surface area contributed by atoms with Crippen LogP contribution < -0.4 is 9.47 Å². The second-order valence-corrected chi connectivity index (χ2v) is 7.75. The van der Waals surface area contributed by atoms with Crippen LogP contribution in [0.4, 0.5) is 0 Å². The highest BCUT2D eigenvalue weighted by molar-refractivity contribution is 5.85. The van der Waals surface area contributed by atoms with Gasteiger partial charge in [0.05, 0.1) is 13.1 Å². The summed E-state index contributed by atoms with van der Waals surface area (Å²) in [5.41, 5.74) is 0.891. The predicted molar refractivity (Wildman–Crippen MR) is 120 cm³/mol. The molecule has 1 aliphatic rings. The summed E-state index contributed by atoms with van der Waals surface area (Å²) in [6, 6.07) is 9.31. The third kappa shape index (κ3) is 7.23. The zero-order valence-electron chi connectivity index (χ0n) is 19.5. The van der Waals surface area contributed by atoms with Crippen LogP contribution in [-0.4, -0.2) is 68.4 Å². The van der Waals surface area contributed by atoms with E-state index >= 15 is 0 Å². The molecule has 1 aromatic carbocycles. The fourth-order valence-corrected chi connectivity index (χ4v) is 3.52. The number of furan rings is 1. The summed E-state index contributed by atoms with van der Waals surface area (Å²) >= 11 is 0. The lowest BCUT2D eigenvalue weighted by Gasteiger charge is -2.27. The number of benzene rings is 1. The third-order valence-corrected chi connectivity index (χ3v) is 5.17. The van der Waals surface area contributed by atoms with Crippen molar-refractivity contribution >= 4 is 11.8 Å². The summed E-state index contributed by atoms with van der Waals surface area (Å²) in [5, 5.41) is 0. The Morgan fingerprint density at radius 1 is 1.03 bits per heavy atom. The molecule has 0 radical (unpaired) electrons. The molecule has 2 amide bonds. The van der Waals surface area contributed by atoms with Crippen LogP contribution in [-0.2, 0) is 32.2 Å². The number of fused-ring (bicyclic) bond motifs is 1. The Kier molecular flexibility index (Phi) is 9.14. The van der Waals surface area contributed by atoms with Crippen molar-refractivity contribution in [3.63, 3.8) is 0 Å². The van der Waals surface area contributed by atoms with E-state index in [9.17, 15) is 9.59 Å². The Morgan fingerprint density at radius 3 is 2.58 bits per heavy atom. The molecule has 0 N–H and O–H groups in total. The number of carbonyl (C=O) groups excluding carboxylic acids is 2. The highest BCUT2D eigenvalue weighted by atomic mass is 16.7. The van der Waals surface area contributed by atoms with Crippen molar-refractivity contribution in [1.82, 2.24) is 9.80 Å². The van der Waals surface area contributed by atoms with Gasteiger partial charge in [0.1, 0.15) is 18.1 Å². The van der Waals surface area contributed by atoms with Crippen LogP contribution in [0.25, 0.3) is 0 Å². The molecule has 1 aromatic heterocycles. The maximum absolute atomic E-state index is 13.4. The minimum absolute atomic E-state index is 0.0570. The molecular formula is C24H32N2O7. The van der Waals surface area contributed by atoms with Gasteiger partial charge in [0.15, 0.2) is 11.5 Å². The molecule has 3 rings (SSSR count). The minimum Gasteiger partial charge on any atom is -0.464 e. The van der Waals surface area contributed by atoms with Crippen molar-refractivity contribution in [1.29, 1.82) is 0 Å². The quantitative estimate of drug-likeness (QED) is 0.425. The zero-order valence-corrected chi connectivity index (χ0v) is 19.5. The van der Waals surface area contributed by atoms with Crippen LogP contribution in [0.15, 0.2) is 34.7 Å². The molecule has 0 unspecified atom stereocenters. The number of hydrogen-bond donors (Lipinski definition) is 0. The van der Waals surface area contributed by atoms with Gasteiger partial charge in [-0.1, -0.05) is 6.07 Å². The van der Waals surface area contributed by atoms with Gasteiger partial charge in [-0.2, -0.15) is 0 Å². The second kappa shape index (κ2) is 12.3. The maximum Gasteiger partial charge on any atom is 0.249 e. The van der Waals surface area contributed by atoms with Crippen LogP contribution in [0, 0.1) is 6.92 Å². The van der Waals surface area contributed by atoms with Crippen LogP contribution in [0.2, 0.25) is 0 Å². The standard InChI is InChI=1S/C24H32N2O7/c1-4-30-11-5-10-25(24(28)16-29-3)15-23(27)26(14-20-8-6-18(2)33-20)13-19-7-9-21-22(12-19)32-17-31-21/h6-9,12H,4-5,10-11,13-17H2,1-3H3. The normalized spacial score (nSPS) is 12.1.